The van der Waals surface area contributed by atoms with Crippen LogP contribution in [-0.4, -0.2) is 18.4 Å². The van der Waals surface area contributed by atoms with Crippen LogP contribution in [0.2, 0.25) is 0 Å². The van der Waals surface area contributed by atoms with Gasteiger partial charge in [-0.2, -0.15) is 0 Å². The number of benzene rings is 1. The maximum atomic E-state index is 13.6. The average Bonchev–Trinajstić information content (AvgIpc) is 2.33. The summed E-state index contributed by atoms with van der Waals surface area (Å²) in [5.74, 6) is -0.408. The number of nitrogens with zero attached hydrogens (tertiary/aromatic N) is 1. The molecule has 0 amide bonds. The summed E-state index contributed by atoms with van der Waals surface area (Å²) in [5.41, 5.74) is 1.90. The lowest BCUT2D eigenvalue weighted by atomic mass is 10.0. The highest BCUT2D eigenvalue weighted by Gasteiger charge is 2.18. The predicted octanol–water partition coefficient (Wildman–Crippen LogP) is 3.96. The summed E-state index contributed by atoms with van der Waals surface area (Å²) < 4.78 is 13.6. The SMILES string of the molecule is CCC(C)N(CC)c1cc(C)c(F)cc1C(C)=O. The van der Waals surface area contributed by atoms with E-state index in [2.05, 4.69) is 25.7 Å². The van der Waals surface area contributed by atoms with Gasteiger partial charge in [-0.25, -0.2) is 4.39 Å². The van der Waals surface area contributed by atoms with Crippen LogP contribution in [0.25, 0.3) is 0 Å². The molecule has 0 saturated carbocycles. The van der Waals surface area contributed by atoms with E-state index in [1.807, 2.05) is 0 Å². The Labute approximate surface area is 109 Å². The number of aryl methyl sites for hydroxylation is 1. The summed E-state index contributed by atoms with van der Waals surface area (Å²) in [7, 11) is 0. The molecule has 0 aliphatic carbocycles. The fourth-order valence-electron chi connectivity index (χ4n) is 2.13. The third-order valence-electron chi connectivity index (χ3n) is 3.43. The molecule has 18 heavy (non-hydrogen) atoms. The van der Waals surface area contributed by atoms with Crippen molar-refractivity contribution in [1.82, 2.24) is 0 Å². The van der Waals surface area contributed by atoms with Crippen LogP contribution in [0, 0.1) is 12.7 Å². The molecule has 0 saturated heterocycles. The van der Waals surface area contributed by atoms with Gasteiger partial charge in [0.15, 0.2) is 5.78 Å². The maximum absolute atomic E-state index is 13.6. The average molecular weight is 251 g/mol. The highest BCUT2D eigenvalue weighted by molar-refractivity contribution is 6.00. The second-order valence-electron chi connectivity index (χ2n) is 4.72. The van der Waals surface area contributed by atoms with Crippen LogP contribution in [0.3, 0.4) is 0 Å². The Hall–Kier alpha value is -1.38. The zero-order valence-corrected chi connectivity index (χ0v) is 11.9. The van der Waals surface area contributed by atoms with Gasteiger partial charge < -0.3 is 4.90 Å². The lowest BCUT2D eigenvalue weighted by Crippen LogP contribution is -2.33. The van der Waals surface area contributed by atoms with E-state index >= 15 is 0 Å². The van der Waals surface area contributed by atoms with Crippen molar-refractivity contribution in [2.24, 2.45) is 0 Å². The Morgan fingerprint density at radius 1 is 1.39 bits per heavy atom. The molecule has 2 nitrogen and oxygen atoms in total. The maximum Gasteiger partial charge on any atom is 0.161 e. The molecule has 1 aromatic rings. The van der Waals surface area contributed by atoms with Gasteiger partial charge in [-0.05, 0) is 51.8 Å². The minimum atomic E-state index is -0.316. The van der Waals surface area contributed by atoms with Gasteiger partial charge in [0.2, 0.25) is 0 Å². The van der Waals surface area contributed by atoms with E-state index in [0.29, 0.717) is 17.2 Å². The van der Waals surface area contributed by atoms with Gasteiger partial charge >= 0.3 is 0 Å². The molecule has 0 aliphatic rings. The second-order valence-corrected chi connectivity index (χ2v) is 4.72. The van der Waals surface area contributed by atoms with E-state index in [0.717, 1.165) is 18.7 Å². The van der Waals surface area contributed by atoms with Crippen molar-refractivity contribution >= 4 is 11.5 Å². The van der Waals surface area contributed by atoms with E-state index < -0.39 is 0 Å². The number of ketones is 1. The fourth-order valence-corrected chi connectivity index (χ4v) is 2.13. The highest BCUT2D eigenvalue weighted by atomic mass is 19.1. The predicted molar refractivity (Wildman–Crippen MR) is 73.9 cm³/mol. The minimum Gasteiger partial charge on any atom is -0.369 e. The Balaban J connectivity index is 3.36. The van der Waals surface area contributed by atoms with Gasteiger partial charge in [-0.3, -0.25) is 4.79 Å². The molecule has 0 heterocycles. The first-order valence-electron chi connectivity index (χ1n) is 6.50. The molecule has 1 aromatic carbocycles. The molecule has 0 aromatic heterocycles. The molecular weight excluding hydrogens is 229 g/mol. The number of rotatable bonds is 5. The van der Waals surface area contributed by atoms with Gasteiger partial charge in [0.25, 0.3) is 0 Å². The number of Topliss-reactive ketones (excluding diaryl/α,β-unsaturated/α-hetero) is 1. The normalized spacial score (nSPS) is 12.3. The Morgan fingerprint density at radius 3 is 2.44 bits per heavy atom. The minimum absolute atomic E-state index is 0.0920. The van der Waals surface area contributed by atoms with E-state index in [1.165, 1.54) is 13.0 Å². The molecule has 3 heteroatoms. The highest BCUT2D eigenvalue weighted by Crippen LogP contribution is 2.27. The van der Waals surface area contributed by atoms with E-state index in [-0.39, 0.29) is 11.6 Å². The molecular formula is C15H22FNO. The van der Waals surface area contributed by atoms with Crippen LogP contribution >= 0.6 is 0 Å². The van der Waals surface area contributed by atoms with Crippen molar-refractivity contribution in [3.8, 4) is 0 Å². The molecule has 1 atom stereocenters. The molecule has 1 rings (SSSR count). The molecule has 100 valence electrons. The van der Waals surface area contributed by atoms with Gasteiger partial charge in [-0.1, -0.05) is 6.92 Å². The second kappa shape index (κ2) is 5.98. The number of anilines is 1. The molecule has 0 fully saturated rings. The van der Waals surface area contributed by atoms with Crippen molar-refractivity contribution in [3.05, 3.63) is 29.1 Å². The van der Waals surface area contributed by atoms with Crippen LogP contribution in [0.5, 0.6) is 0 Å². The van der Waals surface area contributed by atoms with Gasteiger partial charge in [0.05, 0.1) is 0 Å². The molecule has 0 bridgehead atoms. The summed E-state index contributed by atoms with van der Waals surface area (Å²) in [6.07, 6.45) is 0.988. The van der Waals surface area contributed by atoms with Crippen LogP contribution in [0.1, 0.15) is 50.0 Å². The molecule has 0 N–H and O–H groups in total. The van der Waals surface area contributed by atoms with E-state index in [9.17, 15) is 9.18 Å². The monoisotopic (exact) mass is 251 g/mol. The fraction of sp³-hybridized carbons (Fsp3) is 0.533. The van der Waals surface area contributed by atoms with Gasteiger partial charge in [0, 0.05) is 23.8 Å². The number of carbonyl (C=O) groups is 1. The first kappa shape index (κ1) is 14.7. The number of hydrogen-bond donors (Lipinski definition) is 0. The quantitative estimate of drug-likeness (QED) is 0.738. The number of carbonyl (C=O) groups excluding carboxylic acids is 1. The summed E-state index contributed by atoms with van der Waals surface area (Å²) >= 11 is 0. The zero-order valence-electron chi connectivity index (χ0n) is 11.9. The lowest BCUT2D eigenvalue weighted by Gasteiger charge is -2.31. The Kier molecular flexibility index (Phi) is 4.88. The first-order valence-corrected chi connectivity index (χ1v) is 6.50. The van der Waals surface area contributed by atoms with Gasteiger partial charge in [0.1, 0.15) is 5.82 Å². The largest absolute Gasteiger partial charge is 0.369 e. The number of hydrogen-bond acceptors (Lipinski definition) is 2. The van der Waals surface area contributed by atoms with Crippen molar-refractivity contribution in [2.45, 2.75) is 47.1 Å². The van der Waals surface area contributed by atoms with Crippen molar-refractivity contribution in [1.29, 1.82) is 0 Å². The summed E-state index contributed by atoms with van der Waals surface area (Å²) in [5, 5.41) is 0. The number of halogens is 1. The topological polar surface area (TPSA) is 20.3 Å². The first-order chi connectivity index (χ1) is 8.42. The summed E-state index contributed by atoms with van der Waals surface area (Å²) in [6, 6.07) is 3.47. The Morgan fingerprint density at radius 2 is 2.00 bits per heavy atom. The summed E-state index contributed by atoms with van der Waals surface area (Å²) in [6.45, 7) is 10.3. The van der Waals surface area contributed by atoms with E-state index in [1.54, 1.807) is 13.0 Å². The third kappa shape index (κ3) is 2.89. The van der Waals surface area contributed by atoms with Crippen LogP contribution in [0.15, 0.2) is 12.1 Å². The van der Waals surface area contributed by atoms with Crippen molar-refractivity contribution in [2.75, 3.05) is 11.4 Å². The molecule has 0 radical (unpaired) electrons. The summed E-state index contributed by atoms with van der Waals surface area (Å²) in [4.78, 5) is 13.8. The van der Waals surface area contributed by atoms with Crippen molar-refractivity contribution in [3.63, 3.8) is 0 Å². The molecule has 1 unspecified atom stereocenters. The third-order valence-corrected chi connectivity index (χ3v) is 3.43. The lowest BCUT2D eigenvalue weighted by molar-refractivity contribution is 0.101. The molecule has 0 spiro atoms. The van der Waals surface area contributed by atoms with Crippen LogP contribution in [0.4, 0.5) is 10.1 Å². The Bertz CT molecular complexity index is 442. The van der Waals surface area contributed by atoms with Gasteiger partial charge in [-0.15, -0.1) is 0 Å². The van der Waals surface area contributed by atoms with Crippen LogP contribution < -0.4 is 4.90 Å². The van der Waals surface area contributed by atoms with E-state index in [4.69, 9.17) is 0 Å². The van der Waals surface area contributed by atoms with Crippen molar-refractivity contribution < 1.29 is 9.18 Å². The molecule has 0 aliphatic heterocycles. The zero-order chi connectivity index (χ0) is 13.9. The van der Waals surface area contributed by atoms with Crippen LogP contribution in [-0.2, 0) is 0 Å². The smallest absolute Gasteiger partial charge is 0.161 e. The standard InChI is InChI=1S/C15H22FNO/c1-6-11(4)17(7-2)15-8-10(3)14(16)9-13(15)12(5)18/h8-9,11H,6-7H2,1-5H3.